The molecule has 0 amide bonds. The Bertz CT molecular complexity index is 1070. The summed E-state index contributed by atoms with van der Waals surface area (Å²) in [5, 5.41) is 2.15. The molecule has 0 spiro atoms. The van der Waals surface area contributed by atoms with Gasteiger partial charge in [0.05, 0.1) is 5.52 Å². The van der Waals surface area contributed by atoms with Gasteiger partial charge in [-0.3, -0.25) is 4.98 Å². The van der Waals surface area contributed by atoms with Crippen LogP contribution in [0.3, 0.4) is 0 Å². The molecule has 0 fully saturated rings. The quantitative estimate of drug-likeness (QED) is 0.489. The Kier molecular flexibility index (Phi) is 2.91. The van der Waals surface area contributed by atoms with Crippen LogP contribution in [0.1, 0.15) is 5.69 Å². The van der Waals surface area contributed by atoms with Gasteiger partial charge in [0, 0.05) is 47.0 Å². The number of halogens is 2. The number of fused-ring (bicyclic) bond motifs is 3. The second kappa shape index (κ2) is 4.84. The Morgan fingerprint density at radius 2 is 1.65 bits per heavy atom. The Morgan fingerprint density at radius 1 is 0.870 bits per heavy atom. The summed E-state index contributed by atoms with van der Waals surface area (Å²) in [6.07, 6.45) is 3.21. The maximum Gasteiger partial charge on any atom is 0.248 e. The Hall–Kier alpha value is -2.82. The summed E-state index contributed by atoms with van der Waals surface area (Å²) in [7, 11) is 1.98. The number of pyridine rings is 2. The molecule has 0 unspecified atom stereocenters. The molecule has 3 heterocycles. The summed E-state index contributed by atoms with van der Waals surface area (Å²) in [5.74, 6) is -2.03. The van der Waals surface area contributed by atoms with E-state index in [1.54, 1.807) is 0 Å². The lowest BCUT2D eigenvalue weighted by atomic mass is 10.1. The Labute approximate surface area is 131 Å². The highest BCUT2D eigenvalue weighted by Crippen LogP contribution is 2.31. The minimum Gasteiger partial charge on any atom is -0.343 e. The third kappa shape index (κ3) is 2.08. The fraction of sp³-hybridized carbons (Fsp3) is 0.111. The van der Waals surface area contributed by atoms with E-state index < -0.39 is 11.8 Å². The summed E-state index contributed by atoms with van der Waals surface area (Å²) < 4.78 is 28.5. The molecule has 0 radical (unpaired) electrons. The van der Waals surface area contributed by atoms with Crippen LogP contribution in [0.25, 0.3) is 32.9 Å². The molecule has 0 N–H and O–H groups in total. The largest absolute Gasteiger partial charge is 0.343 e. The van der Waals surface area contributed by atoms with E-state index in [2.05, 4.69) is 14.5 Å². The average molecular weight is 309 g/mol. The third-order valence-corrected chi connectivity index (χ3v) is 4.16. The zero-order valence-corrected chi connectivity index (χ0v) is 12.6. The van der Waals surface area contributed by atoms with E-state index in [9.17, 15) is 8.78 Å². The molecule has 0 saturated heterocycles. The van der Waals surface area contributed by atoms with Crippen molar-refractivity contribution in [1.82, 2.24) is 14.5 Å². The van der Waals surface area contributed by atoms with Crippen molar-refractivity contribution in [1.29, 1.82) is 0 Å². The van der Waals surface area contributed by atoms with Crippen LogP contribution in [0, 0.1) is 18.7 Å². The predicted octanol–water partition coefficient (Wildman–Crippen LogP) is 4.38. The molecule has 0 bridgehead atoms. The number of hydrogen-bond donors (Lipinski definition) is 0. The minimum absolute atomic E-state index is 0.547. The number of hydrogen-bond acceptors (Lipinski definition) is 2. The van der Waals surface area contributed by atoms with Gasteiger partial charge in [-0.1, -0.05) is 12.1 Å². The fourth-order valence-corrected chi connectivity index (χ4v) is 2.96. The van der Waals surface area contributed by atoms with Gasteiger partial charge in [-0.05, 0) is 30.7 Å². The summed E-state index contributed by atoms with van der Waals surface area (Å²) in [6.45, 7) is 1.95. The normalized spacial score (nSPS) is 11.5. The maximum atomic E-state index is 13.4. The Morgan fingerprint density at radius 3 is 2.43 bits per heavy atom. The Balaban J connectivity index is 1.99. The number of aryl methyl sites for hydroxylation is 2. The molecule has 0 atom stereocenters. The average Bonchev–Trinajstić information content (AvgIpc) is 2.82. The van der Waals surface area contributed by atoms with Gasteiger partial charge in [0.2, 0.25) is 5.95 Å². The van der Waals surface area contributed by atoms with Gasteiger partial charge in [-0.15, -0.1) is 0 Å². The first kappa shape index (κ1) is 13.8. The molecule has 4 rings (SSSR count). The maximum absolute atomic E-state index is 13.4. The van der Waals surface area contributed by atoms with Crippen molar-refractivity contribution in [2.45, 2.75) is 6.92 Å². The molecule has 0 aliphatic rings. The van der Waals surface area contributed by atoms with Gasteiger partial charge in [-0.2, -0.15) is 4.39 Å². The van der Waals surface area contributed by atoms with E-state index in [0.717, 1.165) is 39.1 Å². The molecule has 23 heavy (non-hydrogen) atoms. The smallest absolute Gasteiger partial charge is 0.248 e. The van der Waals surface area contributed by atoms with Crippen molar-refractivity contribution in [3.63, 3.8) is 0 Å². The van der Waals surface area contributed by atoms with Crippen LogP contribution >= 0.6 is 0 Å². The first-order valence-electron chi connectivity index (χ1n) is 7.21. The lowest BCUT2D eigenvalue weighted by Crippen LogP contribution is -1.91. The fourth-order valence-electron chi connectivity index (χ4n) is 2.96. The van der Waals surface area contributed by atoms with Crippen LogP contribution in [0.5, 0.6) is 0 Å². The molecular formula is C18H13F2N3. The minimum atomic E-state index is -1.08. The molecule has 1 aromatic carbocycles. The highest BCUT2D eigenvalue weighted by atomic mass is 19.2. The van der Waals surface area contributed by atoms with Crippen molar-refractivity contribution < 1.29 is 8.78 Å². The lowest BCUT2D eigenvalue weighted by Gasteiger charge is -2.04. The highest BCUT2D eigenvalue weighted by molar-refractivity contribution is 6.08. The molecule has 5 heteroatoms. The van der Waals surface area contributed by atoms with Crippen LogP contribution in [-0.2, 0) is 7.05 Å². The molecular weight excluding hydrogens is 296 g/mol. The topological polar surface area (TPSA) is 30.7 Å². The second-order valence-electron chi connectivity index (χ2n) is 5.63. The van der Waals surface area contributed by atoms with Gasteiger partial charge in [-0.25, -0.2) is 9.37 Å². The van der Waals surface area contributed by atoms with Gasteiger partial charge in [0.15, 0.2) is 5.82 Å². The van der Waals surface area contributed by atoms with E-state index in [-0.39, 0.29) is 0 Å². The van der Waals surface area contributed by atoms with Gasteiger partial charge < -0.3 is 4.57 Å². The molecule has 3 aromatic heterocycles. The van der Waals surface area contributed by atoms with Crippen molar-refractivity contribution in [3.8, 4) is 11.1 Å². The predicted molar refractivity (Wildman–Crippen MR) is 86.1 cm³/mol. The number of nitrogens with zero attached hydrogens (tertiary/aromatic N) is 3. The number of aromatic nitrogens is 3. The highest BCUT2D eigenvalue weighted by Gasteiger charge is 2.11. The van der Waals surface area contributed by atoms with E-state index in [1.807, 2.05) is 44.4 Å². The van der Waals surface area contributed by atoms with Crippen molar-refractivity contribution in [2.24, 2.45) is 7.05 Å². The first-order valence-corrected chi connectivity index (χ1v) is 7.21. The van der Waals surface area contributed by atoms with Crippen molar-refractivity contribution in [2.75, 3.05) is 0 Å². The molecule has 4 aromatic rings. The van der Waals surface area contributed by atoms with E-state index in [4.69, 9.17) is 0 Å². The molecule has 3 nitrogen and oxygen atoms in total. The second-order valence-corrected chi connectivity index (χ2v) is 5.63. The third-order valence-electron chi connectivity index (χ3n) is 4.16. The standard InChI is InChI=1S/C18H13F2N3/c1-10-5-16-14(9-21-10)13-4-3-11(7-17(13)23(16)2)12-6-15(19)18(20)22-8-12/h3-9H,1-2H3. The summed E-state index contributed by atoms with van der Waals surface area (Å²) in [5.41, 5.74) is 4.39. The summed E-state index contributed by atoms with van der Waals surface area (Å²) >= 11 is 0. The van der Waals surface area contributed by atoms with Gasteiger partial charge >= 0.3 is 0 Å². The van der Waals surface area contributed by atoms with Crippen LogP contribution in [0.2, 0.25) is 0 Å². The van der Waals surface area contributed by atoms with Crippen molar-refractivity contribution >= 4 is 21.8 Å². The SMILES string of the molecule is Cc1cc2c(cn1)c1ccc(-c3cnc(F)c(F)c3)cc1n2C. The van der Waals surface area contributed by atoms with Gasteiger partial charge in [0.25, 0.3) is 0 Å². The zero-order chi connectivity index (χ0) is 16.1. The summed E-state index contributed by atoms with van der Waals surface area (Å²) in [6, 6.07) is 9.02. The lowest BCUT2D eigenvalue weighted by molar-refractivity contribution is 0.480. The van der Waals surface area contributed by atoms with Crippen LogP contribution in [0.4, 0.5) is 8.78 Å². The van der Waals surface area contributed by atoms with Crippen LogP contribution in [0.15, 0.2) is 42.7 Å². The number of rotatable bonds is 1. The van der Waals surface area contributed by atoms with E-state index in [1.165, 1.54) is 6.20 Å². The number of benzene rings is 1. The van der Waals surface area contributed by atoms with Crippen LogP contribution < -0.4 is 0 Å². The molecule has 0 saturated carbocycles. The monoisotopic (exact) mass is 309 g/mol. The van der Waals surface area contributed by atoms with Crippen molar-refractivity contribution in [3.05, 3.63) is 60.2 Å². The molecule has 114 valence electrons. The van der Waals surface area contributed by atoms with Crippen LogP contribution in [-0.4, -0.2) is 14.5 Å². The first-order chi connectivity index (χ1) is 11.0. The molecule has 0 aliphatic carbocycles. The summed E-state index contributed by atoms with van der Waals surface area (Å²) in [4.78, 5) is 7.81. The molecule has 0 aliphatic heterocycles. The van der Waals surface area contributed by atoms with E-state index in [0.29, 0.717) is 5.56 Å². The van der Waals surface area contributed by atoms with Gasteiger partial charge in [0.1, 0.15) is 0 Å². The zero-order valence-electron chi connectivity index (χ0n) is 12.6. The van der Waals surface area contributed by atoms with E-state index >= 15 is 0 Å².